The van der Waals surface area contributed by atoms with E-state index in [1.807, 2.05) is 61.5 Å². The highest BCUT2D eigenvalue weighted by atomic mass is 16.2. The number of aromatic nitrogens is 1. The number of benzene rings is 2. The molecule has 0 atom stereocenters. The van der Waals surface area contributed by atoms with Gasteiger partial charge in [-0.25, -0.2) is 4.98 Å². The molecule has 28 heavy (non-hydrogen) atoms. The average Bonchev–Trinajstić information content (AvgIpc) is 2.73. The van der Waals surface area contributed by atoms with Crippen LogP contribution < -0.4 is 15.5 Å². The van der Waals surface area contributed by atoms with Gasteiger partial charge in [-0.05, 0) is 42.0 Å². The number of carbonyl (C=O) groups excluding carboxylic acids is 2. The van der Waals surface area contributed by atoms with Gasteiger partial charge >= 0.3 is 0 Å². The second kappa shape index (κ2) is 8.81. The molecule has 142 valence electrons. The van der Waals surface area contributed by atoms with Crippen LogP contribution in [0.5, 0.6) is 0 Å². The molecule has 1 heterocycles. The molecule has 0 spiro atoms. The van der Waals surface area contributed by atoms with E-state index < -0.39 is 0 Å². The molecule has 3 aromatic rings. The molecule has 6 nitrogen and oxygen atoms in total. The van der Waals surface area contributed by atoms with E-state index in [1.165, 1.54) is 6.20 Å². The largest absolute Gasteiger partial charge is 0.378 e. The summed E-state index contributed by atoms with van der Waals surface area (Å²) in [4.78, 5) is 30.9. The summed E-state index contributed by atoms with van der Waals surface area (Å²) in [6.07, 6.45) is 1.50. The summed E-state index contributed by atoms with van der Waals surface area (Å²) in [6.45, 7) is 0.432. The third kappa shape index (κ3) is 4.94. The number of nitrogens with one attached hydrogen (secondary N) is 2. The summed E-state index contributed by atoms with van der Waals surface area (Å²) in [5, 5.41) is 5.59. The second-order valence-corrected chi connectivity index (χ2v) is 6.49. The lowest BCUT2D eigenvalue weighted by molar-refractivity contribution is 0.0949. The lowest BCUT2D eigenvalue weighted by Crippen LogP contribution is -2.23. The fourth-order valence-corrected chi connectivity index (χ4v) is 2.62. The number of amides is 2. The molecule has 0 fully saturated rings. The number of hydrogen-bond donors (Lipinski definition) is 2. The van der Waals surface area contributed by atoms with Gasteiger partial charge in [-0.1, -0.05) is 30.3 Å². The van der Waals surface area contributed by atoms with Gasteiger partial charge in [0.15, 0.2) is 0 Å². The maximum absolute atomic E-state index is 12.4. The summed E-state index contributed by atoms with van der Waals surface area (Å²) >= 11 is 0. The molecule has 0 saturated carbocycles. The van der Waals surface area contributed by atoms with E-state index in [4.69, 9.17) is 0 Å². The van der Waals surface area contributed by atoms with Crippen molar-refractivity contribution in [2.24, 2.45) is 0 Å². The zero-order valence-electron chi connectivity index (χ0n) is 15.8. The van der Waals surface area contributed by atoms with Crippen LogP contribution in [0, 0.1) is 0 Å². The van der Waals surface area contributed by atoms with Crippen LogP contribution in [-0.4, -0.2) is 30.9 Å². The van der Waals surface area contributed by atoms with E-state index in [9.17, 15) is 9.59 Å². The summed E-state index contributed by atoms with van der Waals surface area (Å²) in [6, 6.07) is 20.1. The zero-order chi connectivity index (χ0) is 19.9. The first kappa shape index (κ1) is 19.1. The van der Waals surface area contributed by atoms with Gasteiger partial charge in [-0.15, -0.1) is 0 Å². The Bertz CT molecular complexity index is 954. The molecule has 0 radical (unpaired) electrons. The summed E-state index contributed by atoms with van der Waals surface area (Å²) in [5.41, 5.74) is 2.97. The molecular weight excluding hydrogens is 352 g/mol. The molecule has 3 rings (SSSR count). The molecule has 0 aliphatic carbocycles. The quantitative estimate of drug-likeness (QED) is 0.694. The molecular formula is C22H22N4O2. The fourth-order valence-electron chi connectivity index (χ4n) is 2.62. The number of anilines is 2. The van der Waals surface area contributed by atoms with Crippen LogP contribution in [0.1, 0.15) is 26.3 Å². The van der Waals surface area contributed by atoms with E-state index in [1.54, 1.807) is 24.3 Å². The minimum atomic E-state index is -0.278. The van der Waals surface area contributed by atoms with Crippen molar-refractivity contribution in [2.75, 3.05) is 24.3 Å². The van der Waals surface area contributed by atoms with E-state index in [0.717, 1.165) is 11.3 Å². The molecule has 0 aliphatic heterocycles. The van der Waals surface area contributed by atoms with Gasteiger partial charge in [0.25, 0.3) is 11.8 Å². The SMILES string of the molecule is CN(C)c1ccc(C(=O)Nc2cc(C(=O)NCc3ccccc3)ccn2)cc1. The van der Waals surface area contributed by atoms with Crippen molar-refractivity contribution in [3.05, 3.63) is 89.6 Å². The lowest BCUT2D eigenvalue weighted by atomic mass is 10.2. The Morgan fingerprint density at radius 1 is 0.893 bits per heavy atom. The van der Waals surface area contributed by atoms with Crippen LogP contribution in [-0.2, 0) is 6.54 Å². The predicted molar refractivity (Wildman–Crippen MR) is 111 cm³/mol. The Morgan fingerprint density at radius 3 is 2.29 bits per heavy atom. The number of pyridine rings is 1. The summed E-state index contributed by atoms with van der Waals surface area (Å²) in [5.74, 6) is -0.175. The van der Waals surface area contributed by atoms with Crippen LogP contribution in [0.25, 0.3) is 0 Å². The lowest BCUT2D eigenvalue weighted by Gasteiger charge is -2.12. The van der Waals surface area contributed by atoms with E-state index in [0.29, 0.717) is 23.5 Å². The zero-order valence-corrected chi connectivity index (χ0v) is 15.8. The molecule has 0 bridgehead atoms. The number of rotatable bonds is 6. The van der Waals surface area contributed by atoms with E-state index in [2.05, 4.69) is 15.6 Å². The van der Waals surface area contributed by atoms with Crippen molar-refractivity contribution in [1.82, 2.24) is 10.3 Å². The Labute approximate surface area is 164 Å². The molecule has 0 unspecified atom stereocenters. The Morgan fingerprint density at radius 2 is 1.61 bits per heavy atom. The number of carbonyl (C=O) groups is 2. The fraction of sp³-hybridized carbons (Fsp3) is 0.136. The third-order valence-corrected chi connectivity index (χ3v) is 4.21. The van der Waals surface area contributed by atoms with Crippen LogP contribution in [0.15, 0.2) is 72.9 Å². The van der Waals surface area contributed by atoms with Crippen molar-refractivity contribution < 1.29 is 9.59 Å². The van der Waals surface area contributed by atoms with Gasteiger partial charge in [0, 0.05) is 43.7 Å². The maximum atomic E-state index is 12.4. The highest BCUT2D eigenvalue weighted by Crippen LogP contribution is 2.14. The third-order valence-electron chi connectivity index (χ3n) is 4.21. The Hall–Kier alpha value is -3.67. The van der Waals surface area contributed by atoms with Crippen LogP contribution in [0.2, 0.25) is 0 Å². The molecule has 0 saturated heterocycles. The summed E-state index contributed by atoms with van der Waals surface area (Å²) < 4.78 is 0. The van der Waals surface area contributed by atoms with Crippen LogP contribution in [0.3, 0.4) is 0 Å². The highest BCUT2D eigenvalue weighted by Gasteiger charge is 2.10. The van der Waals surface area contributed by atoms with Crippen molar-refractivity contribution >= 4 is 23.3 Å². The number of hydrogen-bond acceptors (Lipinski definition) is 4. The van der Waals surface area contributed by atoms with Gasteiger partial charge in [0.2, 0.25) is 0 Å². The highest BCUT2D eigenvalue weighted by molar-refractivity contribution is 6.04. The van der Waals surface area contributed by atoms with Gasteiger partial charge in [0.05, 0.1) is 0 Å². The standard InChI is InChI=1S/C22H22N4O2/c1-26(2)19-10-8-17(9-11-19)22(28)25-20-14-18(12-13-23-20)21(27)24-15-16-6-4-3-5-7-16/h3-14H,15H2,1-2H3,(H,24,27)(H,23,25,28). The van der Waals surface area contributed by atoms with Crippen molar-refractivity contribution in [1.29, 1.82) is 0 Å². The van der Waals surface area contributed by atoms with Crippen LogP contribution in [0.4, 0.5) is 11.5 Å². The smallest absolute Gasteiger partial charge is 0.256 e. The van der Waals surface area contributed by atoms with Crippen molar-refractivity contribution in [3.8, 4) is 0 Å². The first-order chi connectivity index (χ1) is 13.5. The number of nitrogens with zero attached hydrogens (tertiary/aromatic N) is 2. The van der Waals surface area contributed by atoms with Gasteiger partial charge < -0.3 is 15.5 Å². The van der Waals surface area contributed by atoms with Gasteiger partial charge in [-0.3, -0.25) is 9.59 Å². The maximum Gasteiger partial charge on any atom is 0.256 e. The van der Waals surface area contributed by atoms with Crippen molar-refractivity contribution in [2.45, 2.75) is 6.54 Å². The second-order valence-electron chi connectivity index (χ2n) is 6.49. The molecule has 2 aromatic carbocycles. The first-order valence-electron chi connectivity index (χ1n) is 8.90. The topological polar surface area (TPSA) is 74.3 Å². The summed E-state index contributed by atoms with van der Waals surface area (Å²) in [7, 11) is 3.88. The molecule has 0 aliphatic rings. The predicted octanol–water partition coefficient (Wildman–Crippen LogP) is 3.33. The minimum Gasteiger partial charge on any atom is -0.378 e. The molecule has 1 aromatic heterocycles. The van der Waals surface area contributed by atoms with E-state index in [-0.39, 0.29) is 11.8 Å². The monoisotopic (exact) mass is 374 g/mol. The normalized spacial score (nSPS) is 10.2. The van der Waals surface area contributed by atoms with Gasteiger partial charge in [0.1, 0.15) is 5.82 Å². The Balaban J connectivity index is 1.63. The molecule has 6 heteroatoms. The first-order valence-corrected chi connectivity index (χ1v) is 8.90. The molecule has 2 N–H and O–H groups in total. The Kier molecular flexibility index (Phi) is 6.01. The minimum absolute atomic E-state index is 0.225. The average molecular weight is 374 g/mol. The van der Waals surface area contributed by atoms with Gasteiger partial charge in [-0.2, -0.15) is 0 Å². The van der Waals surface area contributed by atoms with Crippen LogP contribution >= 0.6 is 0 Å². The molecule has 2 amide bonds. The van der Waals surface area contributed by atoms with E-state index >= 15 is 0 Å². The van der Waals surface area contributed by atoms with Crippen molar-refractivity contribution in [3.63, 3.8) is 0 Å².